The summed E-state index contributed by atoms with van der Waals surface area (Å²) in [7, 11) is 0. The number of rotatable bonds is 8. The second kappa shape index (κ2) is 7.94. The molecule has 0 aliphatic carbocycles. The molecular weight excluding hydrogens is 264 g/mol. The molecule has 0 spiro atoms. The Balaban J connectivity index is 2.40. The van der Waals surface area contributed by atoms with E-state index in [0.29, 0.717) is 24.8 Å². The first kappa shape index (κ1) is 16.6. The van der Waals surface area contributed by atoms with Gasteiger partial charge in [-0.25, -0.2) is 8.78 Å². The van der Waals surface area contributed by atoms with Crippen LogP contribution in [0.25, 0.3) is 0 Å². The van der Waals surface area contributed by atoms with Crippen molar-refractivity contribution in [3.8, 4) is 0 Å². The number of aryl methyl sites for hydroxylation is 1. The van der Waals surface area contributed by atoms with Crippen LogP contribution in [0.1, 0.15) is 31.7 Å². The fourth-order valence-electron chi connectivity index (χ4n) is 2.28. The minimum Gasteiger partial charge on any atom is -0.481 e. The van der Waals surface area contributed by atoms with Crippen molar-refractivity contribution in [2.45, 2.75) is 32.6 Å². The average molecular weight is 285 g/mol. The number of halogens is 2. The summed E-state index contributed by atoms with van der Waals surface area (Å²) in [5.41, 5.74) is 5.77. The lowest BCUT2D eigenvalue weighted by molar-refractivity contribution is -0.141. The second-order valence-corrected chi connectivity index (χ2v) is 5.24. The number of carboxylic acids is 1. The topological polar surface area (TPSA) is 63.3 Å². The van der Waals surface area contributed by atoms with Gasteiger partial charge in [0.25, 0.3) is 0 Å². The molecule has 0 aromatic heterocycles. The molecule has 3 N–H and O–H groups in total. The Labute approximate surface area is 117 Å². The van der Waals surface area contributed by atoms with Crippen LogP contribution in [0, 0.1) is 23.5 Å². The third kappa shape index (κ3) is 5.25. The van der Waals surface area contributed by atoms with Crippen LogP contribution in [0.4, 0.5) is 8.78 Å². The molecular formula is C15H21F2NO2. The largest absolute Gasteiger partial charge is 0.481 e. The van der Waals surface area contributed by atoms with E-state index in [1.54, 1.807) is 0 Å². The van der Waals surface area contributed by atoms with Crippen molar-refractivity contribution in [2.75, 3.05) is 6.54 Å². The molecule has 0 saturated carbocycles. The summed E-state index contributed by atoms with van der Waals surface area (Å²) in [5, 5.41) is 8.92. The Morgan fingerprint density at radius 3 is 2.70 bits per heavy atom. The predicted molar refractivity (Wildman–Crippen MR) is 73.3 cm³/mol. The van der Waals surface area contributed by atoms with Crippen LogP contribution >= 0.6 is 0 Å². The Kier molecular flexibility index (Phi) is 6.58. The summed E-state index contributed by atoms with van der Waals surface area (Å²) in [6.45, 7) is 2.08. The van der Waals surface area contributed by atoms with E-state index in [-0.39, 0.29) is 12.5 Å². The molecule has 1 aromatic carbocycles. The minimum absolute atomic E-state index is 0.123. The highest BCUT2D eigenvalue weighted by atomic mass is 19.1. The van der Waals surface area contributed by atoms with E-state index < -0.39 is 23.5 Å². The van der Waals surface area contributed by atoms with Crippen molar-refractivity contribution in [1.29, 1.82) is 0 Å². The first-order chi connectivity index (χ1) is 9.43. The van der Waals surface area contributed by atoms with Gasteiger partial charge >= 0.3 is 5.97 Å². The van der Waals surface area contributed by atoms with E-state index >= 15 is 0 Å². The quantitative estimate of drug-likeness (QED) is 0.772. The highest BCUT2D eigenvalue weighted by Crippen LogP contribution is 2.19. The third-order valence-corrected chi connectivity index (χ3v) is 3.47. The molecule has 0 radical (unpaired) electrons. The summed E-state index contributed by atoms with van der Waals surface area (Å²) in [5.74, 6) is -2.06. The molecule has 1 aromatic rings. The Hall–Kier alpha value is -1.49. The first-order valence-electron chi connectivity index (χ1n) is 6.80. The van der Waals surface area contributed by atoms with E-state index in [1.807, 2.05) is 6.92 Å². The maximum absolute atomic E-state index is 13.4. The SMILES string of the molecule is CC(CCCc1cc(F)ccc1F)CC(CN)C(=O)O. The van der Waals surface area contributed by atoms with Crippen LogP contribution in [0.15, 0.2) is 18.2 Å². The van der Waals surface area contributed by atoms with E-state index in [9.17, 15) is 13.6 Å². The maximum Gasteiger partial charge on any atom is 0.307 e. The average Bonchev–Trinajstić information content (AvgIpc) is 2.39. The number of aliphatic carboxylic acids is 1. The zero-order valence-electron chi connectivity index (χ0n) is 11.6. The summed E-state index contributed by atoms with van der Waals surface area (Å²) in [6.07, 6.45) is 2.42. The molecule has 0 saturated heterocycles. The fourth-order valence-corrected chi connectivity index (χ4v) is 2.28. The van der Waals surface area contributed by atoms with Gasteiger partial charge in [0.15, 0.2) is 0 Å². The molecule has 0 aliphatic heterocycles. The summed E-state index contributed by atoms with van der Waals surface area (Å²) in [6, 6.07) is 3.43. The van der Waals surface area contributed by atoms with Gasteiger partial charge in [-0.1, -0.05) is 13.3 Å². The number of hydrogen-bond acceptors (Lipinski definition) is 2. The van der Waals surface area contributed by atoms with Crippen molar-refractivity contribution < 1.29 is 18.7 Å². The number of nitrogens with two attached hydrogens (primary N) is 1. The smallest absolute Gasteiger partial charge is 0.307 e. The van der Waals surface area contributed by atoms with Gasteiger partial charge in [0.2, 0.25) is 0 Å². The Morgan fingerprint density at radius 2 is 2.10 bits per heavy atom. The van der Waals surface area contributed by atoms with Crippen LogP contribution in [0.2, 0.25) is 0 Å². The lowest BCUT2D eigenvalue weighted by Crippen LogP contribution is -2.25. The minimum atomic E-state index is -0.879. The van der Waals surface area contributed by atoms with Crippen LogP contribution < -0.4 is 5.73 Å². The van der Waals surface area contributed by atoms with Crippen LogP contribution in [-0.4, -0.2) is 17.6 Å². The Bertz CT molecular complexity index is 451. The predicted octanol–water partition coefficient (Wildman–Crippen LogP) is 2.97. The molecule has 20 heavy (non-hydrogen) atoms. The highest BCUT2D eigenvalue weighted by Gasteiger charge is 2.18. The molecule has 5 heteroatoms. The molecule has 112 valence electrons. The lowest BCUT2D eigenvalue weighted by atomic mass is 9.91. The van der Waals surface area contributed by atoms with Gasteiger partial charge in [-0.15, -0.1) is 0 Å². The second-order valence-electron chi connectivity index (χ2n) is 5.24. The molecule has 0 amide bonds. The van der Waals surface area contributed by atoms with Gasteiger partial charge in [-0.05, 0) is 48.9 Å². The van der Waals surface area contributed by atoms with E-state index in [4.69, 9.17) is 10.8 Å². The molecule has 2 unspecified atom stereocenters. The lowest BCUT2D eigenvalue weighted by Gasteiger charge is -2.16. The summed E-state index contributed by atoms with van der Waals surface area (Å²) in [4.78, 5) is 10.9. The van der Waals surface area contributed by atoms with Crippen LogP contribution in [0.5, 0.6) is 0 Å². The first-order valence-corrected chi connectivity index (χ1v) is 6.80. The standard InChI is InChI=1S/C15H21F2NO2/c1-10(7-12(9-18)15(19)20)3-2-4-11-8-13(16)5-6-14(11)17/h5-6,8,10,12H,2-4,7,9,18H2,1H3,(H,19,20). The fraction of sp³-hybridized carbons (Fsp3) is 0.533. The van der Waals surface area contributed by atoms with Gasteiger partial charge in [-0.2, -0.15) is 0 Å². The number of carboxylic acid groups (broad SMARTS) is 1. The zero-order chi connectivity index (χ0) is 15.1. The number of benzene rings is 1. The number of carbonyl (C=O) groups is 1. The molecule has 0 bridgehead atoms. The van der Waals surface area contributed by atoms with Crippen molar-refractivity contribution in [3.63, 3.8) is 0 Å². The zero-order valence-corrected chi connectivity index (χ0v) is 11.6. The van der Waals surface area contributed by atoms with Crippen molar-refractivity contribution in [1.82, 2.24) is 0 Å². The van der Waals surface area contributed by atoms with Gasteiger partial charge in [0.1, 0.15) is 11.6 Å². The summed E-state index contributed by atoms with van der Waals surface area (Å²) < 4.78 is 26.4. The maximum atomic E-state index is 13.4. The van der Waals surface area contributed by atoms with Crippen LogP contribution in [0.3, 0.4) is 0 Å². The van der Waals surface area contributed by atoms with E-state index in [2.05, 4.69) is 0 Å². The van der Waals surface area contributed by atoms with Crippen molar-refractivity contribution in [2.24, 2.45) is 17.6 Å². The molecule has 0 aliphatic rings. The third-order valence-electron chi connectivity index (χ3n) is 3.47. The normalized spacial score (nSPS) is 14.0. The molecule has 3 nitrogen and oxygen atoms in total. The van der Waals surface area contributed by atoms with Crippen molar-refractivity contribution in [3.05, 3.63) is 35.4 Å². The van der Waals surface area contributed by atoms with Gasteiger partial charge in [-0.3, -0.25) is 4.79 Å². The van der Waals surface area contributed by atoms with Gasteiger partial charge in [0.05, 0.1) is 5.92 Å². The molecule has 0 fully saturated rings. The Morgan fingerprint density at radius 1 is 1.40 bits per heavy atom. The molecule has 2 atom stereocenters. The summed E-state index contributed by atoms with van der Waals surface area (Å²) >= 11 is 0. The van der Waals surface area contributed by atoms with E-state index in [1.165, 1.54) is 6.07 Å². The molecule has 1 rings (SSSR count). The van der Waals surface area contributed by atoms with Crippen molar-refractivity contribution >= 4 is 5.97 Å². The van der Waals surface area contributed by atoms with Crippen LogP contribution in [-0.2, 0) is 11.2 Å². The van der Waals surface area contributed by atoms with E-state index in [0.717, 1.165) is 18.6 Å². The highest BCUT2D eigenvalue weighted by molar-refractivity contribution is 5.70. The van der Waals surface area contributed by atoms with Gasteiger partial charge in [0, 0.05) is 6.54 Å². The molecule has 0 heterocycles. The number of hydrogen-bond donors (Lipinski definition) is 2. The van der Waals surface area contributed by atoms with Gasteiger partial charge < -0.3 is 10.8 Å². The monoisotopic (exact) mass is 285 g/mol.